The number of ether oxygens (including phenoxy) is 5. The molecule has 4 unspecified atom stereocenters. The maximum absolute atomic E-state index is 12.2. The summed E-state index contributed by atoms with van der Waals surface area (Å²) in [7, 11) is 0. The summed E-state index contributed by atoms with van der Waals surface area (Å²) in [5, 5.41) is 0. The van der Waals surface area contributed by atoms with Crippen LogP contribution in [0.25, 0.3) is 0 Å². The first-order chi connectivity index (χ1) is 42.3. The third kappa shape index (κ3) is 24.9. The molecule has 0 aromatic rings. The van der Waals surface area contributed by atoms with E-state index in [1.165, 1.54) is 174 Å². The molecular weight excluding hydrogens is 1090 g/mol. The lowest BCUT2D eigenvalue weighted by Crippen LogP contribution is -2.40. The summed E-state index contributed by atoms with van der Waals surface area (Å²) in [6, 6.07) is 0. The Kier molecular flexibility index (Phi) is 32.0. The van der Waals surface area contributed by atoms with Crippen LogP contribution in [0.4, 0.5) is 0 Å². The maximum atomic E-state index is 12.2. The molecule has 0 aromatic heterocycles. The van der Waals surface area contributed by atoms with E-state index in [0.717, 1.165) is 155 Å². The van der Waals surface area contributed by atoms with Crippen molar-refractivity contribution >= 4 is 29.8 Å². The van der Waals surface area contributed by atoms with E-state index in [1.54, 1.807) is 0 Å². The molecule has 0 aromatic carbocycles. The van der Waals surface area contributed by atoms with E-state index < -0.39 is 0 Å². The zero-order valence-corrected chi connectivity index (χ0v) is 56.1. The van der Waals surface area contributed by atoms with Gasteiger partial charge in [0.15, 0.2) is 0 Å². The molecule has 15 heteroatoms. The van der Waals surface area contributed by atoms with Crippen molar-refractivity contribution in [3.63, 3.8) is 0 Å². The molecule has 6 aliphatic heterocycles. The van der Waals surface area contributed by atoms with E-state index in [9.17, 15) is 24.0 Å². The van der Waals surface area contributed by atoms with E-state index in [-0.39, 0.29) is 58.7 Å². The normalized spacial score (nSPS) is 27.9. The molecule has 87 heavy (non-hydrogen) atoms. The number of nitrogens with zero attached hydrogens (tertiary/aromatic N) is 5. The Morgan fingerprint density at radius 3 is 1.30 bits per heavy atom. The van der Waals surface area contributed by atoms with Crippen LogP contribution in [0.3, 0.4) is 0 Å². The highest BCUT2D eigenvalue weighted by Gasteiger charge is 2.52. The van der Waals surface area contributed by atoms with Gasteiger partial charge in [-0.15, -0.1) is 0 Å². The number of carbonyl (C=O) groups excluding carboxylic acids is 5. The second kappa shape index (κ2) is 38.9. The van der Waals surface area contributed by atoms with Crippen molar-refractivity contribution in [3.8, 4) is 0 Å². The van der Waals surface area contributed by atoms with E-state index in [4.69, 9.17) is 23.7 Å². The summed E-state index contributed by atoms with van der Waals surface area (Å²) in [5.74, 6) is 2.20. The first-order valence-electron chi connectivity index (χ1n) is 36.9. The van der Waals surface area contributed by atoms with Gasteiger partial charge in [0, 0.05) is 32.7 Å². The third-order valence-corrected chi connectivity index (χ3v) is 22.3. The lowest BCUT2D eigenvalue weighted by molar-refractivity contribution is -0.167. The van der Waals surface area contributed by atoms with E-state index in [2.05, 4.69) is 52.2 Å². The number of hydrogen-bond donors (Lipinski definition) is 0. The fourth-order valence-corrected chi connectivity index (χ4v) is 16.5. The first kappa shape index (κ1) is 71.6. The van der Waals surface area contributed by atoms with Crippen LogP contribution in [-0.2, 0) is 47.7 Å². The second-order valence-electron chi connectivity index (χ2n) is 29.0. The van der Waals surface area contributed by atoms with Crippen molar-refractivity contribution in [2.75, 3.05) is 105 Å². The van der Waals surface area contributed by atoms with Crippen molar-refractivity contribution in [2.45, 2.75) is 301 Å². The minimum atomic E-state index is -0.154. The Bertz CT molecular complexity index is 1960. The van der Waals surface area contributed by atoms with Crippen LogP contribution in [0, 0.1) is 23.7 Å². The highest BCUT2D eigenvalue weighted by atomic mass is 16.6. The van der Waals surface area contributed by atoms with Crippen molar-refractivity contribution in [3.05, 3.63) is 0 Å². The average molecular weight is 1220 g/mol. The number of fused-ring (bicyclic) bond motifs is 2. The molecule has 5 saturated carbocycles. The molecule has 11 fully saturated rings. The first-order valence-corrected chi connectivity index (χ1v) is 36.9. The number of hydrogen-bond acceptors (Lipinski definition) is 15. The summed E-state index contributed by atoms with van der Waals surface area (Å²) in [4.78, 5) is 71.2. The van der Waals surface area contributed by atoms with Crippen LogP contribution in [0.1, 0.15) is 278 Å². The van der Waals surface area contributed by atoms with Gasteiger partial charge >= 0.3 is 29.8 Å². The van der Waals surface area contributed by atoms with Gasteiger partial charge in [-0.05, 0) is 269 Å². The Labute approximate surface area is 529 Å². The molecule has 2 bridgehead atoms. The average Bonchev–Trinajstić information content (AvgIpc) is 2.05. The van der Waals surface area contributed by atoms with Crippen LogP contribution in [-0.4, -0.2) is 182 Å². The number of esters is 5. The summed E-state index contributed by atoms with van der Waals surface area (Å²) < 4.78 is 28.1. The summed E-state index contributed by atoms with van der Waals surface area (Å²) >= 11 is 0. The molecule has 15 nitrogen and oxygen atoms in total. The summed E-state index contributed by atoms with van der Waals surface area (Å²) in [6.45, 7) is 25.5. The largest absolute Gasteiger partial charge is 0.465 e. The van der Waals surface area contributed by atoms with Gasteiger partial charge in [-0.1, -0.05) is 66.2 Å². The lowest BCUT2D eigenvalue weighted by Gasteiger charge is -2.36. The predicted molar refractivity (Wildman–Crippen MR) is 346 cm³/mol. The van der Waals surface area contributed by atoms with Gasteiger partial charge in [0.1, 0.15) is 22.9 Å². The van der Waals surface area contributed by atoms with Gasteiger partial charge in [0.05, 0.1) is 38.2 Å². The predicted octanol–water partition coefficient (Wildman–Crippen LogP) is 13.7. The number of piperidine rings is 5. The molecular formula is C72H127N5O10. The molecule has 5 aliphatic carbocycles. The molecule has 11 rings (SSSR count). The minimum absolute atomic E-state index is 0.0150. The molecule has 0 N–H and O–H groups in total. The summed E-state index contributed by atoms with van der Waals surface area (Å²) in [6.07, 6.45) is 45.1. The van der Waals surface area contributed by atoms with Crippen LogP contribution in [0.2, 0.25) is 0 Å². The van der Waals surface area contributed by atoms with Crippen molar-refractivity contribution in [1.82, 2.24) is 24.5 Å². The van der Waals surface area contributed by atoms with Gasteiger partial charge in [0.2, 0.25) is 0 Å². The molecule has 6 heterocycles. The number of cyclic esters (lactones) is 1. The molecule has 4 atom stereocenters. The van der Waals surface area contributed by atoms with Gasteiger partial charge in [-0.3, -0.25) is 24.0 Å². The zero-order valence-electron chi connectivity index (χ0n) is 56.1. The van der Waals surface area contributed by atoms with E-state index >= 15 is 0 Å². The van der Waals surface area contributed by atoms with Crippen LogP contribution in [0.5, 0.6) is 0 Å². The van der Waals surface area contributed by atoms with Gasteiger partial charge in [-0.2, -0.15) is 0 Å². The highest BCUT2D eigenvalue weighted by Crippen LogP contribution is 2.54. The second-order valence-corrected chi connectivity index (χ2v) is 29.0. The van der Waals surface area contributed by atoms with Crippen LogP contribution >= 0.6 is 0 Å². The Morgan fingerprint density at radius 1 is 0.471 bits per heavy atom. The quantitative estimate of drug-likeness (QED) is 0.0792. The highest BCUT2D eigenvalue weighted by molar-refractivity contribution is 5.74. The van der Waals surface area contributed by atoms with Gasteiger partial charge in [0.25, 0.3) is 0 Å². The van der Waals surface area contributed by atoms with E-state index in [1.807, 2.05) is 0 Å². The van der Waals surface area contributed by atoms with Crippen molar-refractivity contribution < 1.29 is 47.7 Å². The zero-order chi connectivity index (χ0) is 61.6. The fraction of sp³-hybridized carbons (Fsp3) is 0.931. The van der Waals surface area contributed by atoms with Crippen molar-refractivity contribution in [1.29, 1.82) is 0 Å². The SMILES string of the molecule is CC(C)C1(OC(=O)CCN2CCCCC2)CCCC1.CCC1(OC(=O)CCN2CCCCC2)CC2CCC1C2.CCC1(OC(=O)CCN2CCCCC2)CCCC1.O=C(CCN1CCCCC1)OC1CCCCC1.O=C1OCCC1CN1CCCCC1. The Hall–Kier alpha value is -2.85. The molecule has 0 amide bonds. The number of likely N-dealkylation sites (tertiary alicyclic amines) is 5. The smallest absolute Gasteiger partial charge is 0.310 e. The van der Waals surface area contributed by atoms with Gasteiger partial charge < -0.3 is 48.2 Å². The van der Waals surface area contributed by atoms with Crippen LogP contribution < -0.4 is 0 Å². The van der Waals surface area contributed by atoms with Crippen LogP contribution in [0.15, 0.2) is 0 Å². The number of rotatable bonds is 21. The monoisotopic (exact) mass is 1220 g/mol. The molecule has 0 spiro atoms. The Balaban J connectivity index is 0.000000156. The molecule has 500 valence electrons. The van der Waals surface area contributed by atoms with Gasteiger partial charge in [-0.25, -0.2) is 0 Å². The summed E-state index contributed by atoms with van der Waals surface area (Å²) in [5.41, 5.74) is -0.361. The fourth-order valence-electron chi connectivity index (χ4n) is 16.5. The van der Waals surface area contributed by atoms with E-state index in [0.29, 0.717) is 44.1 Å². The Morgan fingerprint density at radius 2 is 0.897 bits per heavy atom. The van der Waals surface area contributed by atoms with Crippen molar-refractivity contribution in [2.24, 2.45) is 23.7 Å². The topological polar surface area (TPSA) is 148 Å². The standard InChI is InChI=1S/C17H29NO2.C16H29NO2.C15H27NO2.C14H25NO2.C10H17NO2/c1-2-17(13-14-6-7-15(17)12-14)20-16(19)8-11-18-9-4-3-5-10-18;1-14(2)16(9-4-5-10-16)19-15(18)8-13-17-11-6-3-7-12-17;1-2-15(9-4-5-10-15)18-14(17)8-13-16-11-6-3-7-12-16;16-14(17-13-7-3-1-4-8-13)9-12-15-10-5-2-6-11-15;12-10-9(4-7-13-10)8-11-5-2-1-3-6-11/h14-15H,2-13H2,1H3;14H,3-13H2,1-2H3;2-13H2,1H3;13H,1-12H2;9H,1-8H2. The lowest BCUT2D eigenvalue weighted by atomic mass is 9.82. The molecule has 6 saturated heterocycles. The number of carbonyl (C=O) groups is 5. The molecule has 0 radical (unpaired) electrons. The third-order valence-electron chi connectivity index (χ3n) is 22.3. The molecule has 11 aliphatic rings. The minimum Gasteiger partial charge on any atom is -0.465 e. The maximum Gasteiger partial charge on any atom is 0.310 e.